The fraction of sp³-hybridized carbons (Fsp3) is 0.263. The summed E-state index contributed by atoms with van der Waals surface area (Å²) in [6, 6.07) is 13.8. The number of imidazole rings is 1. The van der Waals surface area contributed by atoms with Crippen molar-refractivity contribution in [3.63, 3.8) is 0 Å². The third-order valence-electron chi connectivity index (χ3n) is 3.87. The molecule has 2 N–H and O–H groups in total. The third-order valence-corrected chi connectivity index (χ3v) is 4.88. The summed E-state index contributed by atoms with van der Waals surface area (Å²) in [6.45, 7) is 4.09. The first-order valence-corrected chi connectivity index (χ1v) is 9.14. The number of thioether (sulfide) groups is 1. The van der Waals surface area contributed by atoms with Gasteiger partial charge in [0, 0.05) is 4.90 Å². The maximum Gasteiger partial charge on any atom is 0.230 e. The SMILES string of the molecule is CC(C)C(NC(=O)CSc1ccc(F)cc1)c1nc2ccccc2[nH]1. The number of benzene rings is 2. The molecule has 0 radical (unpaired) electrons. The normalized spacial score (nSPS) is 12.5. The van der Waals surface area contributed by atoms with Gasteiger partial charge in [0.25, 0.3) is 0 Å². The van der Waals surface area contributed by atoms with E-state index in [9.17, 15) is 9.18 Å². The molecule has 1 unspecified atom stereocenters. The van der Waals surface area contributed by atoms with E-state index >= 15 is 0 Å². The molecule has 4 nitrogen and oxygen atoms in total. The molecule has 0 aliphatic carbocycles. The quantitative estimate of drug-likeness (QED) is 0.647. The van der Waals surface area contributed by atoms with Gasteiger partial charge in [-0.25, -0.2) is 9.37 Å². The topological polar surface area (TPSA) is 57.8 Å². The number of fused-ring (bicyclic) bond motifs is 1. The van der Waals surface area contributed by atoms with E-state index in [1.165, 1.54) is 23.9 Å². The molecule has 0 bridgehead atoms. The molecule has 0 aliphatic rings. The Labute approximate surface area is 150 Å². The van der Waals surface area contributed by atoms with E-state index in [2.05, 4.69) is 15.3 Å². The van der Waals surface area contributed by atoms with Crippen molar-refractivity contribution < 1.29 is 9.18 Å². The maximum atomic E-state index is 12.9. The van der Waals surface area contributed by atoms with Crippen molar-refractivity contribution in [1.29, 1.82) is 0 Å². The Bertz CT molecular complexity index is 827. The molecule has 0 saturated carbocycles. The molecule has 1 amide bonds. The van der Waals surface area contributed by atoms with Crippen LogP contribution in [0.3, 0.4) is 0 Å². The average Bonchev–Trinajstić information content (AvgIpc) is 3.02. The number of halogens is 1. The Morgan fingerprint density at radius 1 is 1.20 bits per heavy atom. The average molecular weight is 357 g/mol. The van der Waals surface area contributed by atoms with Gasteiger partial charge in [-0.3, -0.25) is 4.79 Å². The van der Waals surface area contributed by atoms with Gasteiger partial charge in [-0.05, 0) is 42.3 Å². The number of hydrogen-bond acceptors (Lipinski definition) is 3. The highest BCUT2D eigenvalue weighted by Crippen LogP contribution is 2.23. The van der Waals surface area contributed by atoms with Crippen molar-refractivity contribution in [2.45, 2.75) is 24.8 Å². The molecule has 3 aromatic rings. The second-order valence-corrected chi connectivity index (χ2v) is 7.22. The molecule has 1 atom stereocenters. The Balaban J connectivity index is 1.66. The van der Waals surface area contributed by atoms with E-state index in [1.54, 1.807) is 12.1 Å². The van der Waals surface area contributed by atoms with E-state index in [4.69, 9.17) is 0 Å². The highest BCUT2D eigenvalue weighted by atomic mass is 32.2. The first kappa shape index (κ1) is 17.5. The fourth-order valence-electron chi connectivity index (χ4n) is 2.57. The maximum absolute atomic E-state index is 12.9. The van der Waals surface area contributed by atoms with Crippen LogP contribution < -0.4 is 5.32 Å². The lowest BCUT2D eigenvalue weighted by molar-refractivity contribution is -0.119. The molecule has 1 heterocycles. The number of aromatic nitrogens is 2. The number of nitrogens with one attached hydrogen (secondary N) is 2. The highest BCUT2D eigenvalue weighted by Gasteiger charge is 2.21. The van der Waals surface area contributed by atoms with Crippen LogP contribution in [-0.2, 0) is 4.79 Å². The smallest absolute Gasteiger partial charge is 0.230 e. The number of amides is 1. The van der Waals surface area contributed by atoms with Crippen LogP contribution >= 0.6 is 11.8 Å². The minimum atomic E-state index is -0.279. The fourth-order valence-corrected chi connectivity index (χ4v) is 3.28. The first-order valence-electron chi connectivity index (χ1n) is 8.15. The molecule has 130 valence electrons. The molecule has 25 heavy (non-hydrogen) atoms. The summed E-state index contributed by atoms with van der Waals surface area (Å²) in [7, 11) is 0. The number of carbonyl (C=O) groups is 1. The van der Waals surface area contributed by atoms with Crippen molar-refractivity contribution in [1.82, 2.24) is 15.3 Å². The zero-order chi connectivity index (χ0) is 17.8. The molecule has 2 aromatic carbocycles. The lowest BCUT2D eigenvalue weighted by atomic mass is 10.0. The van der Waals surface area contributed by atoms with E-state index in [0.717, 1.165) is 21.8 Å². The minimum Gasteiger partial charge on any atom is -0.345 e. The monoisotopic (exact) mass is 357 g/mol. The van der Waals surface area contributed by atoms with Gasteiger partial charge in [-0.15, -0.1) is 11.8 Å². The number of hydrogen-bond donors (Lipinski definition) is 2. The van der Waals surface area contributed by atoms with E-state index in [0.29, 0.717) is 0 Å². The molecule has 0 fully saturated rings. The van der Waals surface area contributed by atoms with Crippen LogP contribution in [0.15, 0.2) is 53.4 Å². The predicted molar refractivity (Wildman–Crippen MR) is 98.9 cm³/mol. The number of H-pyrrole nitrogens is 1. The lowest BCUT2D eigenvalue weighted by Gasteiger charge is -2.20. The summed E-state index contributed by atoms with van der Waals surface area (Å²) in [6.07, 6.45) is 0. The number of nitrogens with zero attached hydrogens (tertiary/aromatic N) is 1. The Hall–Kier alpha value is -2.34. The first-order chi connectivity index (χ1) is 12.0. The number of carbonyl (C=O) groups excluding carboxylic acids is 1. The van der Waals surface area contributed by atoms with Gasteiger partial charge in [0.05, 0.1) is 22.8 Å². The van der Waals surface area contributed by atoms with Crippen molar-refractivity contribution in [2.24, 2.45) is 5.92 Å². The van der Waals surface area contributed by atoms with Gasteiger partial charge in [0.2, 0.25) is 5.91 Å². The van der Waals surface area contributed by atoms with Crippen LogP contribution in [0.2, 0.25) is 0 Å². The van der Waals surface area contributed by atoms with Crippen LogP contribution in [0.1, 0.15) is 25.7 Å². The van der Waals surface area contributed by atoms with Gasteiger partial charge < -0.3 is 10.3 Å². The zero-order valence-corrected chi connectivity index (χ0v) is 14.9. The third kappa shape index (κ3) is 4.39. The zero-order valence-electron chi connectivity index (χ0n) is 14.1. The summed E-state index contributed by atoms with van der Waals surface area (Å²) >= 11 is 1.38. The number of para-hydroxylation sites is 2. The molecule has 1 aromatic heterocycles. The predicted octanol–water partition coefficient (Wildman–Crippen LogP) is 4.31. The summed E-state index contributed by atoms with van der Waals surface area (Å²) in [5.41, 5.74) is 1.84. The molecule has 0 spiro atoms. The van der Waals surface area contributed by atoms with Crippen molar-refractivity contribution in [3.05, 3.63) is 60.2 Å². The van der Waals surface area contributed by atoms with E-state index < -0.39 is 0 Å². The minimum absolute atomic E-state index is 0.0755. The molecule has 6 heteroatoms. The van der Waals surface area contributed by atoms with Crippen LogP contribution in [-0.4, -0.2) is 21.6 Å². The summed E-state index contributed by atoms with van der Waals surface area (Å²) in [5.74, 6) is 0.874. The highest BCUT2D eigenvalue weighted by molar-refractivity contribution is 8.00. The molecule has 0 aliphatic heterocycles. The molecular formula is C19H20FN3OS. The molecule has 3 rings (SSSR count). The number of aromatic amines is 1. The van der Waals surface area contributed by atoms with Crippen molar-refractivity contribution in [3.8, 4) is 0 Å². The van der Waals surface area contributed by atoms with Crippen molar-refractivity contribution >= 4 is 28.7 Å². The van der Waals surface area contributed by atoms with Gasteiger partial charge in [0.1, 0.15) is 11.6 Å². The summed E-state index contributed by atoms with van der Waals surface area (Å²) in [5, 5.41) is 3.05. The van der Waals surface area contributed by atoms with Gasteiger partial charge >= 0.3 is 0 Å². The molecular weight excluding hydrogens is 337 g/mol. The van der Waals surface area contributed by atoms with Crippen LogP contribution in [0, 0.1) is 11.7 Å². The van der Waals surface area contributed by atoms with Gasteiger partial charge in [-0.2, -0.15) is 0 Å². The largest absolute Gasteiger partial charge is 0.345 e. The summed E-state index contributed by atoms with van der Waals surface area (Å²) in [4.78, 5) is 21.1. The van der Waals surface area contributed by atoms with Crippen LogP contribution in [0.5, 0.6) is 0 Å². The Morgan fingerprint density at radius 2 is 1.92 bits per heavy atom. The van der Waals surface area contributed by atoms with Gasteiger partial charge in [-0.1, -0.05) is 26.0 Å². The van der Waals surface area contributed by atoms with Crippen molar-refractivity contribution in [2.75, 3.05) is 5.75 Å². The van der Waals surface area contributed by atoms with Gasteiger partial charge in [0.15, 0.2) is 0 Å². The number of rotatable bonds is 6. The Kier molecular flexibility index (Phi) is 5.38. The van der Waals surface area contributed by atoms with Crippen LogP contribution in [0.25, 0.3) is 11.0 Å². The van der Waals surface area contributed by atoms with E-state index in [1.807, 2.05) is 38.1 Å². The molecule has 0 saturated heterocycles. The standard InChI is InChI=1S/C19H20FN3OS/c1-12(2)18(19-21-15-5-3-4-6-16(15)22-19)23-17(24)11-25-14-9-7-13(20)8-10-14/h3-10,12,18H,11H2,1-2H3,(H,21,22)(H,23,24). The van der Waals surface area contributed by atoms with Crippen LogP contribution in [0.4, 0.5) is 4.39 Å². The second-order valence-electron chi connectivity index (χ2n) is 6.17. The Morgan fingerprint density at radius 3 is 2.60 bits per heavy atom. The summed E-state index contributed by atoms with van der Waals surface area (Å²) < 4.78 is 12.9. The lowest BCUT2D eigenvalue weighted by Crippen LogP contribution is -2.33. The van der Waals surface area contributed by atoms with E-state index in [-0.39, 0.29) is 29.4 Å². The second kappa shape index (κ2) is 7.70.